The lowest BCUT2D eigenvalue weighted by Gasteiger charge is -2.42. The number of imidazole rings is 1. The highest BCUT2D eigenvalue weighted by molar-refractivity contribution is 7.82. The van der Waals surface area contributed by atoms with Gasteiger partial charge in [0.2, 0.25) is 17.8 Å². The number of hydrogen-bond donors (Lipinski definition) is 2. The number of rotatable bonds is 12. The minimum Gasteiger partial charge on any atom is -0.371 e. The number of benzene rings is 2. The van der Waals surface area contributed by atoms with Crippen LogP contribution in [-0.4, -0.2) is 115 Å². The third-order valence-corrected chi connectivity index (χ3v) is 15.9. The monoisotopic (exact) mass is 906 g/mol. The first-order valence-corrected chi connectivity index (χ1v) is 25.0. The maximum Gasteiger partial charge on any atom is 0.329 e. The van der Waals surface area contributed by atoms with Gasteiger partial charge in [0.15, 0.2) is 0 Å². The molecule has 9 rings (SSSR count). The normalized spacial score (nSPS) is 21.7. The molecule has 0 spiro atoms. The number of imide groups is 1. The smallest absolute Gasteiger partial charge is 0.329 e. The summed E-state index contributed by atoms with van der Waals surface area (Å²) >= 11 is 0. The molecule has 2 aromatic heterocycles. The van der Waals surface area contributed by atoms with E-state index >= 15 is 0 Å². The Morgan fingerprint density at radius 1 is 0.877 bits per heavy atom. The van der Waals surface area contributed by atoms with E-state index in [-0.39, 0.29) is 24.1 Å². The van der Waals surface area contributed by atoms with Gasteiger partial charge in [-0.05, 0) is 119 Å². The van der Waals surface area contributed by atoms with E-state index in [0.717, 1.165) is 122 Å². The maximum absolute atomic E-state index is 13.9. The molecule has 5 fully saturated rings. The molecule has 2 amide bonds. The van der Waals surface area contributed by atoms with Crippen molar-refractivity contribution in [2.75, 3.05) is 61.4 Å². The molecule has 2 aromatic carbocycles. The minimum absolute atomic E-state index is 0.168. The van der Waals surface area contributed by atoms with Crippen molar-refractivity contribution in [2.45, 2.75) is 126 Å². The van der Waals surface area contributed by atoms with E-state index in [1.807, 2.05) is 38.1 Å². The number of carbonyl (C=O) groups is 3. The van der Waals surface area contributed by atoms with Gasteiger partial charge in [-0.2, -0.15) is 4.98 Å². The number of aldehydes is 1. The molecule has 15 nitrogen and oxygen atoms in total. The van der Waals surface area contributed by atoms with Crippen molar-refractivity contribution in [2.24, 2.45) is 7.05 Å². The molecule has 2 unspecified atom stereocenters. The summed E-state index contributed by atoms with van der Waals surface area (Å²) in [4.78, 5) is 66.9. The van der Waals surface area contributed by atoms with Crippen molar-refractivity contribution in [1.82, 2.24) is 33.6 Å². The Hall–Kier alpha value is -5.19. The van der Waals surface area contributed by atoms with E-state index in [0.29, 0.717) is 43.5 Å². The number of aromatic nitrogens is 4. The highest BCUT2D eigenvalue weighted by Crippen LogP contribution is 2.36. The first-order chi connectivity index (χ1) is 31.7. The molecular formula is C49H66N10O5S. The van der Waals surface area contributed by atoms with Gasteiger partial charge >= 0.3 is 5.69 Å². The average molecular weight is 907 g/mol. The molecule has 348 valence electrons. The first kappa shape index (κ1) is 46.3. The molecule has 4 saturated heterocycles. The van der Waals surface area contributed by atoms with Crippen molar-refractivity contribution < 1.29 is 18.6 Å². The Morgan fingerprint density at radius 2 is 1.60 bits per heavy atom. The van der Waals surface area contributed by atoms with E-state index in [1.54, 1.807) is 28.5 Å². The lowest BCUT2D eigenvalue weighted by atomic mass is 9.87. The summed E-state index contributed by atoms with van der Waals surface area (Å²) < 4.78 is 19.3. The molecule has 1 aliphatic carbocycles. The summed E-state index contributed by atoms with van der Waals surface area (Å²) in [5, 5.41) is 5.96. The van der Waals surface area contributed by atoms with Crippen LogP contribution in [0.4, 0.5) is 17.5 Å². The van der Waals surface area contributed by atoms with Crippen LogP contribution in [0.5, 0.6) is 0 Å². The number of anilines is 3. The van der Waals surface area contributed by atoms with Crippen molar-refractivity contribution >= 4 is 63.6 Å². The van der Waals surface area contributed by atoms with Gasteiger partial charge < -0.3 is 20.0 Å². The molecule has 1 saturated carbocycles. The zero-order valence-electron chi connectivity index (χ0n) is 38.5. The van der Waals surface area contributed by atoms with Gasteiger partial charge in [0.05, 0.1) is 15.9 Å². The predicted octanol–water partition coefficient (Wildman–Crippen LogP) is 6.17. The van der Waals surface area contributed by atoms with E-state index in [1.165, 1.54) is 18.9 Å². The highest BCUT2D eigenvalue weighted by atomic mass is 32.2. The highest BCUT2D eigenvalue weighted by Gasteiger charge is 2.34. The van der Waals surface area contributed by atoms with E-state index in [9.17, 15) is 23.4 Å². The van der Waals surface area contributed by atoms with Crippen LogP contribution in [0.3, 0.4) is 0 Å². The van der Waals surface area contributed by atoms with Crippen LogP contribution < -0.4 is 26.1 Å². The van der Waals surface area contributed by atoms with Crippen molar-refractivity contribution in [1.29, 1.82) is 0 Å². The van der Waals surface area contributed by atoms with E-state index < -0.39 is 22.9 Å². The van der Waals surface area contributed by atoms with Crippen LogP contribution in [-0.2, 0) is 32.4 Å². The number of likely N-dealkylation sites (tertiary alicyclic amines) is 1. The van der Waals surface area contributed by atoms with E-state index in [4.69, 9.17) is 4.98 Å². The standard InChI is InChI=1S/C47H60N10O5S.C2H6/c1-52(35-9-3-4-10-35)44-33(8-7-29-58)31-48-46(51-44)49-34-19-27-56(28-20-34)63(62)38-12-5-11-37(30-38)55-25-21-36(22-26-55)54-23-17-32(18-24-54)39-13-6-14-40-43(39)53(2)47(61)57(40)41-15-16-42(59)50-45(41)60;1-2/h5-8,11-14,29-32,34-36,41H,3-4,9-10,15-28H2,1-2H3,(H,48,49,51)(H,50,59,60);1-2H3/b8-7-;. The van der Waals surface area contributed by atoms with Crippen LogP contribution >= 0.6 is 0 Å². The third kappa shape index (κ3) is 9.99. The Morgan fingerprint density at radius 3 is 2.31 bits per heavy atom. The number of carbonyl (C=O) groups excluding carboxylic acids is 3. The van der Waals surface area contributed by atoms with Crippen LogP contribution in [0.25, 0.3) is 17.1 Å². The fourth-order valence-electron chi connectivity index (χ4n) is 10.8. The number of piperidine rings is 4. The minimum atomic E-state index is -1.26. The van der Waals surface area contributed by atoms with Gasteiger partial charge in [-0.25, -0.2) is 18.3 Å². The Kier molecular flexibility index (Phi) is 15.0. The predicted molar refractivity (Wildman–Crippen MR) is 258 cm³/mol. The molecule has 0 bridgehead atoms. The summed E-state index contributed by atoms with van der Waals surface area (Å²) in [5.74, 6) is 1.03. The van der Waals surface area contributed by atoms with Crippen LogP contribution in [0.15, 0.2) is 64.4 Å². The Labute approximate surface area is 385 Å². The molecule has 4 aliphatic heterocycles. The SMILES string of the molecule is CC.CN(c1nc(NC2CCN(S(=O)c3cccc(N4CCC(N5CCC(c6cccc7c6n(C)c(=O)n7C6CCC(=O)NC6=O)CC5)CC4)c3)CC2)ncc1/C=C\C=O)C1CCCC1. The summed E-state index contributed by atoms with van der Waals surface area (Å²) in [5.41, 5.74) is 4.54. The molecule has 6 heterocycles. The number of nitrogens with zero attached hydrogens (tertiary/aromatic N) is 8. The largest absolute Gasteiger partial charge is 0.371 e. The number of hydrogen-bond acceptors (Lipinski definition) is 11. The lowest BCUT2D eigenvalue weighted by Crippen LogP contribution is -2.47. The number of fused-ring (bicyclic) bond motifs is 1. The van der Waals surface area contributed by atoms with Crippen molar-refractivity contribution in [3.8, 4) is 0 Å². The molecule has 2 N–H and O–H groups in total. The number of nitrogens with one attached hydrogen (secondary N) is 2. The maximum atomic E-state index is 13.9. The fourth-order valence-corrected chi connectivity index (χ4v) is 12.1. The topological polar surface area (TPSA) is 158 Å². The molecular weight excluding hydrogens is 841 g/mol. The second-order valence-corrected chi connectivity index (χ2v) is 19.5. The average Bonchev–Trinajstić information content (AvgIpc) is 3.98. The zero-order valence-corrected chi connectivity index (χ0v) is 39.3. The first-order valence-electron chi connectivity index (χ1n) is 23.9. The molecule has 4 aromatic rings. The number of allylic oxidation sites excluding steroid dienone is 1. The molecule has 5 aliphatic rings. The second kappa shape index (κ2) is 21.0. The zero-order chi connectivity index (χ0) is 45.6. The van der Waals surface area contributed by atoms with E-state index in [2.05, 4.69) is 59.9 Å². The van der Waals surface area contributed by atoms with Gasteiger partial charge in [0.25, 0.3) is 0 Å². The van der Waals surface area contributed by atoms with Gasteiger partial charge in [-0.3, -0.25) is 28.8 Å². The third-order valence-electron chi connectivity index (χ3n) is 14.4. The summed E-state index contributed by atoms with van der Waals surface area (Å²) in [6, 6.07) is 14.7. The Bertz CT molecular complexity index is 2440. The summed E-state index contributed by atoms with van der Waals surface area (Å²) in [6.07, 6.45) is 16.9. The van der Waals surface area contributed by atoms with Gasteiger partial charge in [0, 0.05) is 82.3 Å². The van der Waals surface area contributed by atoms with Gasteiger partial charge in [-0.15, -0.1) is 0 Å². The number of aryl methyl sites for hydroxylation is 1. The Balaban J connectivity index is 0.00000284. The van der Waals surface area contributed by atoms with Crippen LogP contribution in [0.1, 0.15) is 114 Å². The van der Waals surface area contributed by atoms with Crippen LogP contribution in [0.2, 0.25) is 0 Å². The van der Waals surface area contributed by atoms with Crippen molar-refractivity contribution in [3.63, 3.8) is 0 Å². The van der Waals surface area contributed by atoms with Gasteiger partial charge in [0.1, 0.15) is 29.1 Å². The van der Waals surface area contributed by atoms with Crippen molar-refractivity contribution in [3.05, 3.63) is 76.3 Å². The molecule has 16 heteroatoms. The summed E-state index contributed by atoms with van der Waals surface area (Å²) in [6.45, 7) is 9.28. The van der Waals surface area contributed by atoms with Crippen LogP contribution in [0, 0.1) is 0 Å². The molecule has 0 radical (unpaired) electrons. The number of para-hydroxylation sites is 1. The molecule has 2 atom stereocenters. The second-order valence-electron chi connectivity index (χ2n) is 18.0. The molecule has 65 heavy (non-hydrogen) atoms. The number of amides is 2. The summed E-state index contributed by atoms with van der Waals surface area (Å²) in [7, 11) is 2.61. The quantitative estimate of drug-likeness (QED) is 0.0952. The fraction of sp³-hybridized carbons (Fsp3) is 0.551. The van der Waals surface area contributed by atoms with Gasteiger partial charge in [-0.1, -0.05) is 44.9 Å². The lowest BCUT2D eigenvalue weighted by molar-refractivity contribution is -0.135.